The molecule has 3 heterocycles. The lowest BCUT2D eigenvalue weighted by Crippen LogP contribution is -2.53. The molecule has 13 heteroatoms. The molecule has 0 aliphatic carbocycles. The molecule has 12 nitrogen and oxygen atoms in total. The van der Waals surface area contributed by atoms with Gasteiger partial charge in [0.2, 0.25) is 5.91 Å². The average molecular weight is 672 g/mol. The fourth-order valence-electron chi connectivity index (χ4n) is 5.24. The number of aryl methyl sites for hydroxylation is 3. The van der Waals surface area contributed by atoms with E-state index in [0.29, 0.717) is 54.4 Å². The molecule has 5 rings (SSSR count). The first-order chi connectivity index (χ1) is 23.3. The molecule has 0 spiro atoms. The van der Waals surface area contributed by atoms with Crippen molar-refractivity contribution in [3.8, 4) is 5.75 Å². The van der Waals surface area contributed by atoms with E-state index in [1.165, 1.54) is 24.2 Å². The number of thioether (sulfide) groups is 1. The van der Waals surface area contributed by atoms with E-state index >= 15 is 0 Å². The number of nitrogens with zero attached hydrogens (tertiary/aromatic N) is 5. The van der Waals surface area contributed by atoms with Crippen LogP contribution in [0.3, 0.4) is 0 Å². The van der Waals surface area contributed by atoms with E-state index < -0.39 is 24.0 Å². The second-order valence-electron chi connectivity index (χ2n) is 11.6. The summed E-state index contributed by atoms with van der Waals surface area (Å²) >= 11 is 1.53. The molecule has 48 heavy (non-hydrogen) atoms. The highest BCUT2D eigenvalue weighted by Crippen LogP contribution is 2.23. The number of benzene rings is 2. The van der Waals surface area contributed by atoms with Gasteiger partial charge in [-0.2, -0.15) is 0 Å². The first kappa shape index (κ1) is 34.6. The van der Waals surface area contributed by atoms with Gasteiger partial charge in [0.15, 0.2) is 0 Å². The van der Waals surface area contributed by atoms with Crippen molar-refractivity contribution in [3.63, 3.8) is 0 Å². The maximum Gasteiger partial charge on any atom is 0.256 e. The quantitative estimate of drug-likeness (QED) is 0.263. The zero-order chi connectivity index (χ0) is 33.9. The van der Waals surface area contributed by atoms with Gasteiger partial charge < -0.3 is 25.4 Å². The maximum atomic E-state index is 14.0. The van der Waals surface area contributed by atoms with Gasteiger partial charge in [-0.05, 0) is 55.7 Å². The first-order valence-corrected chi connectivity index (χ1v) is 17.1. The van der Waals surface area contributed by atoms with Gasteiger partial charge in [-0.3, -0.25) is 19.1 Å². The number of carbonyl (C=O) groups is 3. The number of carbonyl (C=O) groups excluding carboxylic acids is 3. The van der Waals surface area contributed by atoms with Crippen LogP contribution in [-0.2, 0) is 24.2 Å². The number of pyridine rings is 1. The summed E-state index contributed by atoms with van der Waals surface area (Å²) in [6.07, 6.45) is 4.31. The fourth-order valence-corrected chi connectivity index (χ4v) is 6.21. The van der Waals surface area contributed by atoms with Gasteiger partial charge in [-0.25, -0.2) is 4.98 Å². The third kappa shape index (κ3) is 9.41. The first-order valence-electron chi connectivity index (χ1n) is 16.1. The molecule has 4 bridgehead atoms. The molecule has 4 aromatic rings. The minimum absolute atomic E-state index is 0.0929. The molecular weight excluding hydrogens is 630 g/mol. The van der Waals surface area contributed by atoms with E-state index in [1.807, 2.05) is 31.3 Å². The van der Waals surface area contributed by atoms with E-state index in [4.69, 9.17) is 4.74 Å². The zero-order valence-electron chi connectivity index (χ0n) is 27.2. The fraction of sp³-hybridized carbons (Fsp3) is 0.371. The molecule has 252 valence electrons. The van der Waals surface area contributed by atoms with Crippen LogP contribution in [0, 0.1) is 6.92 Å². The van der Waals surface area contributed by atoms with Gasteiger partial charge in [0.25, 0.3) is 11.8 Å². The predicted octanol–water partition coefficient (Wildman–Crippen LogP) is 3.08. The van der Waals surface area contributed by atoms with Crippen LogP contribution in [0.25, 0.3) is 0 Å². The SMILES string of the molecule is Cc1ccc2cc1OCCCn1cc(nn1)CCN(C(=O)c1cccnc1SCCc1ccccc1)CCNC(=O)[C@H]([C@@H](C)O)NC2=O. The highest BCUT2D eigenvalue weighted by Gasteiger charge is 2.27. The molecule has 3 N–H and O–H groups in total. The van der Waals surface area contributed by atoms with Gasteiger partial charge in [0.1, 0.15) is 16.8 Å². The minimum Gasteiger partial charge on any atom is -0.493 e. The Morgan fingerprint density at radius 3 is 2.75 bits per heavy atom. The summed E-state index contributed by atoms with van der Waals surface area (Å²) < 4.78 is 7.72. The Kier molecular flexibility index (Phi) is 12.2. The molecule has 1 aliphatic heterocycles. The summed E-state index contributed by atoms with van der Waals surface area (Å²) in [4.78, 5) is 46.6. The summed E-state index contributed by atoms with van der Waals surface area (Å²) in [7, 11) is 0. The van der Waals surface area contributed by atoms with Gasteiger partial charge in [0, 0.05) is 62.7 Å². The largest absolute Gasteiger partial charge is 0.493 e. The van der Waals surface area contributed by atoms with Crippen LogP contribution in [0.4, 0.5) is 0 Å². The van der Waals surface area contributed by atoms with Crippen LogP contribution in [0.5, 0.6) is 5.75 Å². The van der Waals surface area contributed by atoms with Crippen molar-refractivity contribution in [1.29, 1.82) is 0 Å². The zero-order valence-corrected chi connectivity index (χ0v) is 28.0. The third-order valence-electron chi connectivity index (χ3n) is 7.96. The van der Waals surface area contributed by atoms with E-state index in [2.05, 4.69) is 38.1 Å². The van der Waals surface area contributed by atoms with E-state index in [-0.39, 0.29) is 19.0 Å². The standard InChI is InChI=1S/C35H41N7O5S/c1-24-11-12-27-22-30(24)47-20-7-17-42-23-28(39-40-42)13-18-41(19-16-36-33(45)31(25(2)43)38-32(27)44)35(46)29-10-6-15-37-34(29)48-21-14-26-8-4-3-5-9-26/h3-6,8-12,15,22-23,25,31,43H,7,13-14,16-21H2,1-2H3,(H,36,45)(H,38,44)/t25-,31+/m1/s1. The summed E-state index contributed by atoms with van der Waals surface area (Å²) in [5.41, 5.74) is 3.59. The minimum atomic E-state index is -1.21. The number of aromatic nitrogens is 4. The number of hydrogen-bond acceptors (Lipinski definition) is 9. The maximum absolute atomic E-state index is 14.0. The van der Waals surface area contributed by atoms with Crippen molar-refractivity contribution in [2.45, 2.75) is 56.8 Å². The molecule has 1 aliphatic rings. The molecule has 0 unspecified atom stereocenters. The molecular formula is C35H41N7O5S. The number of aliphatic hydroxyl groups is 1. The van der Waals surface area contributed by atoms with Crippen molar-refractivity contribution in [2.24, 2.45) is 0 Å². The number of fused-ring (bicyclic) bond motifs is 4. The Hall–Kier alpha value is -4.75. The van der Waals surface area contributed by atoms with Crippen molar-refractivity contribution in [3.05, 3.63) is 101 Å². The van der Waals surface area contributed by atoms with E-state index in [9.17, 15) is 19.5 Å². The molecule has 0 fully saturated rings. The molecule has 0 saturated carbocycles. The normalized spacial score (nSPS) is 17.1. The van der Waals surface area contributed by atoms with Crippen LogP contribution in [0.1, 0.15) is 50.9 Å². The number of ether oxygens (including phenoxy) is 1. The molecule has 2 aromatic carbocycles. The molecule has 0 saturated heterocycles. The predicted molar refractivity (Wildman–Crippen MR) is 182 cm³/mol. The number of rotatable bonds is 6. The second kappa shape index (κ2) is 16.9. The summed E-state index contributed by atoms with van der Waals surface area (Å²) in [6.45, 7) is 4.89. The van der Waals surface area contributed by atoms with Crippen LogP contribution in [0.15, 0.2) is 78.1 Å². The van der Waals surface area contributed by atoms with Crippen molar-refractivity contribution >= 4 is 29.5 Å². The number of nitrogens with one attached hydrogen (secondary N) is 2. The highest BCUT2D eigenvalue weighted by molar-refractivity contribution is 7.99. The van der Waals surface area contributed by atoms with Crippen LogP contribution >= 0.6 is 11.8 Å². The molecule has 0 radical (unpaired) electrons. The lowest BCUT2D eigenvalue weighted by molar-refractivity contribution is -0.125. The summed E-state index contributed by atoms with van der Waals surface area (Å²) in [5, 5.41) is 25.1. The lowest BCUT2D eigenvalue weighted by atomic mass is 10.1. The van der Waals surface area contributed by atoms with Gasteiger partial charge in [0.05, 0.1) is 24.0 Å². The van der Waals surface area contributed by atoms with Crippen LogP contribution < -0.4 is 15.4 Å². The number of hydrogen-bond donors (Lipinski definition) is 3. The Morgan fingerprint density at radius 1 is 1.10 bits per heavy atom. The van der Waals surface area contributed by atoms with Crippen molar-refractivity contribution in [2.75, 3.05) is 32.0 Å². The van der Waals surface area contributed by atoms with Gasteiger partial charge >= 0.3 is 0 Å². The number of aliphatic hydroxyl groups excluding tert-OH is 1. The van der Waals surface area contributed by atoms with Crippen molar-refractivity contribution in [1.82, 2.24) is 35.5 Å². The Morgan fingerprint density at radius 2 is 1.94 bits per heavy atom. The molecule has 2 aromatic heterocycles. The van der Waals surface area contributed by atoms with Gasteiger partial charge in [-0.1, -0.05) is 41.6 Å². The lowest BCUT2D eigenvalue weighted by Gasteiger charge is -2.25. The summed E-state index contributed by atoms with van der Waals surface area (Å²) in [5.74, 6) is 0.00985. The van der Waals surface area contributed by atoms with Crippen molar-refractivity contribution < 1.29 is 24.2 Å². The Labute approximate surface area is 284 Å². The van der Waals surface area contributed by atoms with Gasteiger partial charge in [-0.15, -0.1) is 16.9 Å². The second-order valence-corrected chi connectivity index (χ2v) is 12.7. The monoisotopic (exact) mass is 671 g/mol. The summed E-state index contributed by atoms with van der Waals surface area (Å²) in [6, 6.07) is 17.5. The third-order valence-corrected chi connectivity index (χ3v) is 8.96. The number of amides is 3. The van der Waals surface area contributed by atoms with E-state index in [1.54, 1.807) is 46.1 Å². The Bertz CT molecular complexity index is 1700. The highest BCUT2D eigenvalue weighted by atomic mass is 32.2. The topological polar surface area (TPSA) is 152 Å². The molecule has 3 amide bonds. The molecule has 2 atom stereocenters. The van der Waals surface area contributed by atoms with Crippen LogP contribution in [0.2, 0.25) is 0 Å². The average Bonchev–Trinajstić information content (AvgIpc) is 3.55. The van der Waals surface area contributed by atoms with E-state index in [0.717, 1.165) is 23.4 Å². The Balaban J connectivity index is 1.34. The smallest absolute Gasteiger partial charge is 0.256 e. The van der Waals surface area contributed by atoms with Crippen LogP contribution in [-0.4, -0.2) is 91.8 Å².